The first kappa shape index (κ1) is 17.1. The summed E-state index contributed by atoms with van der Waals surface area (Å²) in [7, 11) is 0. The molecule has 0 unspecified atom stereocenters. The maximum Gasteiger partial charge on any atom is 0.225 e. The highest BCUT2D eigenvalue weighted by molar-refractivity contribution is 5.59. The normalized spacial score (nSPS) is 18.0. The highest BCUT2D eigenvalue weighted by Crippen LogP contribution is 2.40. The Balaban J connectivity index is 1.59. The Bertz CT molecular complexity index is 802. The molecule has 2 aliphatic rings. The van der Waals surface area contributed by atoms with E-state index in [1.54, 1.807) is 6.07 Å². The van der Waals surface area contributed by atoms with E-state index in [-0.39, 0.29) is 5.69 Å². The summed E-state index contributed by atoms with van der Waals surface area (Å²) in [5, 5.41) is 6.14. The van der Waals surface area contributed by atoms with Gasteiger partial charge in [-0.2, -0.15) is 4.98 Å². The highest BCUT2D eigenvalue weighted by Gasteiger charge is 2.27. The van der Waals surface area contributed by atoms with Crippen molar-refractivity contribution in [2.45, 2.75) is 56.9 Å². The minimum Gasteiger partial charge on any atom is -0.351 e. The molecule has 26 heavy (non-hydrogen) atoms. The zero-order valence-electron chi connectivity index (χ0n) is 14.4. The quantitative estimate of drug-likeness (QED) is 0.713. The van der Waals surface area contributed by atoms with Crippen LogP contribution in [0.1, 0.15) is 56.6 Å². The molecule has 138 valence electrons. The van der Waals surface area contributed by atoms with Crippen LogP contribution in [0.2, 0.25) is 0 Å². The van der Waals surface area contributed by atoms with E-state index < -0.39 is 17.5 Å². The van der Waals surface area contributed by atoms with E-state index in [9.17, 15) is 13.2 Å². The van der Waals surface area contributed by atoms with Crippen LogP contribution in [0.4, 0.5) is 30.6 Å². The summed E-state index contributed by atoms with van der Waals surface area (Å²) in [5.41, 5.74) is 0.747. The lowest BCUT2D eigenvalue weighted by atomic mass is 9.96. The molecule has 2 saturated carbocycles. The number of nitrogens with one attached hydrogen (secondary N) is 2. The van der Waals surface area contributed by atoms with Gasteiger partial charge < -0.3 is 10.6 Å². The molecule has 1 aromatic heterocycles. The predicted molar refractivity (Wildman–Crippen MR) is 94.1 cm³/mol. The summed E-state index contributed by atoms with van der Waals surface area (Å²) < 4.78 is 40.5. The maximum atomic E-state index is 14.0. The number of nitrogens with zero attached hydrogens (tertiary/aromatic N) is 2. The number of anilines is 3. The Hall–Kier alpha value is -2.31. The van der Waals surface area contributed by atoms with Crippen molar-refractivity contribution >= 4 is 17.5 Å². The highest BCUT2D eigenvalue weighted by atomic mass is 19.2. The monoisotopic (exact) mass is 362 g/mol. The molecule has 2 N–H and O–H groups in total. The van der Waals surface area contributed by atoms with E-state index in [2.05, 4.69) is 20.6 Å². The van der Waals surface area contributed by atoms with Crippen molar-refractivity contribution in [1.29, 1.82) is 0 Å². The van der Waals surface area contributed by atoms with Crippen molar-refractivity contribution in [2.75, 3.05) is 10.6 Å². The number of halogens is 3. The van der Waals surface area contributed by atoms with E-state index in [0.29, 0.717) is 23.7 Å². The Morgan fingerprint density at radius 2 is 1.65 bits per heavy atom. The predicted octanol–water partition coefficient (Wildman–Crippen LogP) is 5.26. The van der Waals surface area contributed by atoms with E-state index in [0.717, 1.165) is 37.4 Å². The van der Waals surface area contributed by atoms with Crippen LogP contribution in [0.25, 0.3) is 0 Å². The topological polar surface area (TPSA) is 49.8 Å². The van der Waals surface area contributed by atoms with Crippen LogP contribution in [0.3, 0.4) is 0 Å². The molecule has 0 spiro atoms. The maximum absolute atomic E-state index is 14.0. The molecular weight excluding hydrogens is 341 g/mol. The second kappa shape index (κ2) is 7.13. The van der Waals surface area contributed by atoms with E-state index in [1.807, 2.05) is 0 Å². The van der Waals surface area contributed by atoms with E-state index in [1.165, 1.54) is 25.3 Å². The number of hydrogen-bond donors (Lipinski definition) is 2. The lowest BCUT2D eigenvalue weighted by Gasteiger charge is -2.23. The Morgan fingerprint density at radius 1 is 0.885 bits per heavy atom. The van der Waals surface area contributed by atoms with Gasteiger partial charge in [-0.3, -0.25) is 0 Å². The van der Waals surface area contributed by atoms with Gasteiger partial charge in [-0.1, -0.05) is 19.3 Å². The molecular formula is C19H21F3N4. The van der Waals surface area contributed by atoms with Crippen LogP contribution in [0.5, 0.6) is 0 Å². The first-order chi connectivity index (χ1) is 12.6. The van der Waals surface area contributed by atoms with Crippen molar-refractivity contribution in [2.24, 2.45) is 0 Å². The molecule has 0 saturated heterocycles. The molecule has 0 atom stereocenters. The summed E-state index contributed by atoms with van der Waals surface area (Å²) in [6.07, 6.45) is 7.92. The average Bonchev–Trinajstić information content (AvgIpc) is 3.48. The molecule has 0 aliphatic heterocycles. The molecule has 0 bridgehead atoms. The fourth-order valence-electron chi connectivity index (χ4n) is 3.37. The van der Waals surface area contributed by atoms with Crippen molar-refractivity contribution in [3.8, 4) is 0 Å². The SMILES string of the molecule is Fc1ccc(Nc2cc(C3CC3)nc(NC3CCCCC3)n2)c(F)c1F. The summed E-state index contributed by atoms with van der Waals surface area (Å²) in [6, 6.07) is 4.15. The van der Waals surface area contributed by atoms with Gasteiger partial charge in [-0.15, -0.1) is 0 Å². The minimum absolute atomic E-state index is 0.145. The van der Waals surface area contributed by atoms with Gasteiger partial charge in [-0.05, 0) is 37.8 Å². The second-order valence-corrected chi connectivity index (χ2v) is 7.10. The molecule has 4 rings (SSSR count). The van der Waals surface area contributed by atoms with Crippen LogP contribution in [-0.2, 0) is 0 Å². The number of benzene rings is 1. The van der Waals surface area contributed by atoms with Gasteiger partial charge >= 0.3 is 0 Å². The second-order valence-electron chi connectivity index (χ2n) is 7.10. The van der Waals surface area contributed by atoms with Crippen molar-refractivity contribution < 1.29 is 13.2 Å². The van der Waals surface area contributed by atoms with Gasteiger partial charge in [0, 0.05) is 18.0 Å². The van der Waals surface area contributed by atoms with E-state index >= 15 is 0 Å². The van der Waals surface area contributed by atoms with Crippen molar-refractivity contribution in [3.63, 3.8) is 0 Å². The van der Waals surface area contributed by atoms with Crippen molar-refractivity contribution in [3.05, 3.63) is 41.3 Å². The minimum atomic E-state index is -1.49. The standard InChI is InChI=1S/C19H21F3N4/c20-13-8-9-14(18(22)17(13)21)24-16-10-15(11-6-7-11)25-19(26-16)23-12-4-2-1-3-5-12/h8-12H,1-7H2,(H2,23,24,25,26). The molecule has 7 heteroatoms. The third-order valence-corrected chi connectivity index (χ3v) is 4.98. The number of hydrogen-bond acceptors (Lipinski definition) is 4. The van der Waals surface area contributed by atoms with Gasteiger partial charge in [0.1, 0.15) is 5.82 Å². The number of aromatic nitrogens is 2. The zero-order valence-corrected chi connectivity index (χ0v) is 14.4. The largest absolute Gasteiger partial charge is 0.351 e. The molecule has 2 aromatic rings. The first-order valence-electron chi connectivity index (χ1n) is 9.16. The summed E-state index contributed by atoms with van der Waals surface area (Å²) in [6.45, 7) is 0. The smallest absolute Gasteiger partial charge is 0.225 e. The lowest BCUT2D eigenvalue weighted by molar-refractivity contribution is 0.449. The molecule has 2 aliphatic carbocycles. The summed E-state index contributed by atoms with van der Waals surface area (Å²) in [4.78, 5) is 9.01. The average molecular weight is 362 g/mol. The van der Waals surface area contributed by atoms with Gasteiger partial charge in [-0.25, -0.2) is 18.2 Å². The molecule has 0 radical (unpaired) electrons. The van der Waals surface area contributed by atoms with Gasteiger partial charge in [0.15, 0.2) is 17.5 Å². The molecule has 4 nitrogen and oxygen atoms in total. The van der Waals surface area contributed by atoms with Crippen molar-refractivity contribution in [1.82, 2.24) is 9.97 Å². The van der Waals surface area contributed by atoms with Gasteiger partial charge in [0.05, 0.1) is 11.4 Å². The molecule has 0 amide bonds. The van der Waals surface area contributed by atoms with Crippen LogP contribution in [-0.4, -0.2) is 16.0 Å². The van der Waals surface area contributed by atoms with Crippen LogP contribution in [0.15, 0.2) is 18.2 Å². The molecule has 1 aromatic carbocycles. The van der Waals surface area contributed by atoms with Gasteiger partial charge in [0.25, 0.3) is 0 Å². The fraction of sp³-hybridized carbons (Fsp3) is 0.474. The fourth-order valence-corrected chi connectivity index (χ4v) is 3.37. The van der Waals surface area contributed by atoms with Crippen LogP contribution < -0.4 is 10.6 Å². The third-order valence-electron chi connectivity index (χ3n) is 4.98. The lowest BCUT2D eigenvalue weighted by Crippen LogP contribution is -2.23. The Kier molecular flexibility index (Phi) is 4.70. The first-order valence-corrected chi connectivity index (χ1v) is 9.16. The van der Waals surface area contributed by atoms with Crippen LogP contribution in [0, 0.1) is 17.5 Å². The third kappa shape index (κ3) is 3.76. The zero-order chi connectivity index (χ0) is 18.1. The van der Waals surface area contributed by atoms with Gasteiger partial charge in [0.2, 0.25) is 5.95 Å². The summed E-state index contributed by atoms with van der Waals surface area (Å²) in [5.74, 6) is -2.68. The van der Waals surface area contributed by atoms with Crippen LogP contribution >= 0.6 is 0 Å². The molecule has 1 heterocycles. The summed E-state index contributed by atoms with van der Waals surface area (Å²) >= 11 is 0. The number of rotatable bonds is 5. The Labute approximate surface area is 150 Å². The molecule has 2 fully saturated rings. The Morgan fingerprint density at radius 3 is 2.38 bits per heavy atom. The van der Waals surface area contributed by atoms with E-state index in [4.69, 9.17) is 0 Å².